The molecule has 1 aromatic heterocycles. The second-order valence-electron chi connectivity index (χ2n) is 4.63. The Kier molecular flexibility index (Phi) is 4.68. The monoisotopic (exact) mass is 320 g/mol. The van der Waals surface area contributed by atoms with E-state index in [4.69, 9.17) is 0 Å². The second kappa shape index (κ2) is 6.12. The van der Waals surface area contributed by atoms with Crippen molar-refractivity contribution >= 4 is 32.4 Å². The smallest absolute Gasteiger partial charge is 0.270 e. The van der Waals surface area contributed by atoms with Crippen molar-refractivity contribution in [2.45, 2.75) is 49.1 Å². The third-order valence-corrected chi connectivity index (χ3v) is 5.65. The van der Waals surface area contributed by atoms with Crippen LogP contribution in [0.2, 0.25) is 0 Å². The average molecular weight is 320 g/mol. The molecule has 0 aromatic carbocycles. The first kappa shape index (κ1) is 15.3. The first-order valence-electron chi connectivity index (χ1n) is 6.20. The Morgan fingerprint density at radius 3 is 2.70 bits per heavy atom. The van der Waals surface area contributed by atoms with E-state index in [9.17, 15) is 18.3 Å². The maximum atomic E-state index is 12.1. The van der Waals surface area contributed by atoms with Gasteiger partial charge in [-0.05, 0) is 12.8 Å². The topological polar surface area (TPSA) is 121 Å². The minimum atomic E-state index is -3.82. The minimum Gasteiger partial charge on any atom is -0.391 e. The molecule has 1 heterocycles. The Balaban J connectivity index is 2.09. The van der Waals surface area contributed by atoms with Crippen molar-refractivity contribution in [3.05, 3.63) is 0 Å². The fourth-order valence-electron chi connectivity index (χ4n) is 2.02. The molecule has 1 aliphatic rings. The molecule has 0 saturated heterocycles. The molecule has 0 unspecified atom stereocenters. The van der Waals surface area contributed by atoms with E-state index in [1.807, 2.05) is 0 Å². The number of aromatic nitrogens is 2. The van der Waals surface area contributed by atoms with Crippen molar-refractivity contribution < 1.29 is 18.3 Å². The number of carbonyl (C=O) groups excluding carboxylic acids is 1. The van der Waals surface area contributed by atoms with Gasteiger partial charge in [0.1, 0.15) is 0 Å². The van der Waals surface area contributed by atoms with E-state index < -0.39 is 22.2 Å². The molecular formula is C10H16N4O4S2. The number of amides is 1. The van der Waals surface area contributed by atoms with Crippen LogP contribution in [-0.4, -0.2) is 41.8 Å². The zero-order valence-corrected chi connectivity index (χ0v) is 12.5. The number of nitrogens with zero attached hydrogens (tertiary/aromatic N) is 2. The molecule has 2 atom stereocenters. The van der Waals surface area contributed by atoms with Crippen molar-refractivity contribution in [2.24, 2.45) is 0 Å². The molecule has 1 amide bonds. The molecule has 1 fully saturated rings. The number of nitrogens with one attached hydrogen (secondary N) is 2. The first-order valence-corrected chi connectivity index (χ1v) is 8.50. The molecule has 8 nitrogen and oxygen atoms in total. The predicted octanol–water partition coefficient (Wildman–Crippen LogP) is 0.0783. The van der Waals surface area contributed by atoms with Crippen LogP contribution in [0.1, 0.15) is 32.6 Å². The quantitative estimate of drug-likeness (QED) is 0.675. The van der Waals surface area contributed by atoms with Gasteiger partial charge in [0.15, 0.2) is 0 Å². The molecule has 1 aromatic rings. The second-order valence-corrected chi connectivity index (χ2v) is 7.50. The molecule has 0 radical (unpaired) electrons. The molecule has 20 heavy (non-hydrogen) atoms. The average Bonchev–Trinajstić information content (AvgIpc) is 2.80. The Bertz CT molecular complexity index is 586. The van der Waals surface area contributed by atoms with Gasteiger partial charge in [-0.3, -0.25) is 4.79 Å². The van der Waals surface area contributed by atoms with E-state index >= 15 is 0 Å². The van der Waals surface area contributed by atoms with Crippen LogP contribution in [0.25, 0.3) is 0 Å². The summed E-state index contributed by atoms with van der Waals surface area (Å²) in [6, 6.07) is -0.498. The normalized spacial score (nSPS) is 23.5. The number of aliphatic hydroxyl groups excluding tert-OH is 1. The number of hydrogen-bond acceptors (Lipinski definition) is 7. The fraction of sp³-hybridized carbons (Fsp3) is 0.700. The van der Waals surface area contributed by atoms with Gasteiger partial charge in [0.2, 0.25) is 15.4 Å². The lowest BCUT2D eigenvalue weighted by molar-refractivity contribution is -0.114. The van der Waals surface area contributed by atoms with Crippen molar-refractivity contribution in [1.29, 1.82) is 0 Å². The van der Waals surface area contributed by atoms with Gasteiger partial charge in [-0.25, -0.2) is 13.1 Å². The van der Waals surface area contributed by atoms with Crippen LogP contribution in [0.3, 0.4) is 0 Å². The summed E-state index contributed by atoms with van der Waals surface area (Å²) in [5, 5.41) is 19.4. The Morgan fingerprint density at radius 1 is 1.35 bits per heavy atom. The third-order valence-electron chi connectivity index (χ3n) is 2.96. The maximum absolute atomic E-state index is 12.1. The summed E-state index contributed by atoms with van der Waals surface area (Å²) in [5.41, 5.74) is 0. The van der Waals surface area contributed by atoms with E-state index in [0.717, 1.165) is 24.2 Å². The molecule has 1 aliphatic carbocycles. The molecular weight excluding hydrogens is 304 g/mol. The standard InChI is InChI=1S/C10H16N4O4S2/c1-6(15)11-9-12-13-10(19-9)20(17,18)14-7-4-2-3-5-8(7)16/h7-8,14,16H,2-5H2,1H3,(H,11,12,15)/t7-,8-/m1/s1. The Morgan fingerprint density at radius 2 is 2.05 bits per heavy atom. The highest BCUT2D eigenvalue weighted by atomic mass is 32.2. The fourth-order valence-corrected chi connectivity index (χ4v) is 4.28. The summed E-state index contributed by atoms with van der Waals surface area (Å²) in [6.07, 6.45) is 2.27. The molecule has 3 N–H and O–H groups in total. The van der Waals surface area contributed by atoms with Gasteiger partial charge in [-0.1, -0.05) is 24.2 Å². The van der Waals surface area contributed by atoms with E-state index in [-0.39, 0.29) is 15.4 Å². The van der Waals surface area contributed by atoms with E-state index in [2.05, 4.69) is 20.2 Å². The van der Waals surface area contributed by atoms with E-state index in [1.165, 1.54) is 6.92 Å². The highest BCUT2D eigenvalue weighted by molar-refractivity contribution is 7.91. The molecule has 0 bridgehead atoms. The largest absolute Gasteiger partial charge is 0.391 e. The summed E-state index contributed by atoms with van der Waals surface area (Å²) >= 11 is 0.772. The number of carbonyl (C=O) groups is 1. The Hall–Kier alpha value is -1.10. The van der Waals surface area contributed by atoms with Gasteiger partial charge in [-0.15, -0.1) is 10.2 Å². The van der Waals surface area contributed by atoms with Gasteiger partial charge in [-0.2, -0.15) is 0 Å². The lowest BCUT2D eigenvalue weighted by Crippen LogP contribution is -2.44. The third kappa shape index (κ3) is 3.72. The number of hydrogen-bond donors (Lipinski definition) is 3. The zero-order chi connectivity index (χ0) is 14.8. The van der Waals surface area contributed by atoms with Crippen molar-refractivity contribution in [3.63, 3.8) is 0 Å². The SMILES string of the molecule is CC(=O)Nc1nnc(S(=O)(=O)N[C@@H]2CCCC[C@H]2O)s1. The molecule has 112 valence electrons. The van der Waals surface area contributed by atoms with Gasteiger partial charge in [0, 0.05) is 13.0 Å². The number of sulfonamides is 1. The van der Waals surface area contributed by atoms with Crippen LogP contribution in [0.15, 0.2) is 4.34 Å². The highest BCUT2D eigenvalue weighted by Crippen LogP contribution is 2.23. The minimum absolute atomic E-state index is 0.127. The number of aliphatic hydroxyl groups is 1. The molecule has 1 saturated carbocycles. The van der Waals surface area contributed by atoms with Gasteiger partial charge < -0.3 is 10.4 Å². The van der Waals surface area contributed by atoms with Crippen molar-refractivity contribution in [3.8, 4) is 0 Å². The molecule has 0 spiro atoms. The zero-order valence-electron chi connectivity index (χ0n) is 10.9. The van der Waals surface area contributed by atoms with Gasteiger partial charge >= 0.3 is 0 Å². The van der Waals surface area contributed by atoms with Crippen molar-refractivity contribution in [2.75, 3.05) is 5.32 Å². The van der Waals surface area contributed by atoms with Gasteiger partial charge in [0.25, 0.3) is 10.0 Å². The summed E-state index contributed by atoms with van der Waals surface area (Å²) < 4.78 is 26.5. The van der Waals surface area contributed by atoms with E-state index in [1.54, 1.807) is 0 Å². The maximum Gasteiger partial charge on any atom is 0.270 e. The predicted molar refractivity (Wildman–Crippen MR) is 72.8 cm³/mol. The Labute approximate surface area is 120 Å². The van der Waals surface area contributed by atoms with Crippen LogP contribution in [0.5, 0.6) is 0 Å². The summed E-state index contributed by atoms with van der Waals surface area (Å²) in [4.78, 5) is 10.9. The first-order chi connectivity index (χ1) is 9.38. The summed E-state index contributed by atoms with van der Waals surface area (Å²) in [5.74, 6) is -0.347. The molecule has 10 heteroatoms. The lowest BCUT2D eigenvalue weighted by Gasteiger charge is -2.27. The van der Waals surface area contributed by atoms with Crippen LogP contribution < -0.4 is 10.0 Å². The number of anilines is 1. The van der Waals surface area contributed by atoms with E-state index in [0.29, 0.717) is 12.8 Å². The lowest BCUT2D eigenvalue weighted by atomic mass is 9.93. The van der Waals surface area contributed by atoms with Crippen LogP contribution in [0.4, 0.5) is 5.13 Å². The summed E-state index contributed by atoms with van der Waals surface area (Å²) in [7, 11) is -3.82. The number of rotatable bonds is 4. The summed E-state index contributed by atoms with van der Waals surface area (Å²) in [6.45, 7) is 1.30. The van der Waals surface area contributed by atoms with Crippen molar-refractivity contribution in [1.82, 2.24) is 14.9 Å². The van der Waals surface area contributed by atoms with Crippen LogP contribution >= 0.6 is 11.3 Å². The molecule has 2 rings (SSSR count). The van der Waals surface area contributed by atoms with Gasteiger partial charge in [0.05, 0.1) is 6.10 Å². The highest BCUT2D eigenvalue weighted by Gasteiger charge is 2.30. The van der Waals surface area contributed by atoms with Crippen LogP contribution in [0, 0.1) is 0 Å². The van der Waals surface area contributed by atoms with Crippen LogP contribution in [-0.2, 0) is 14.8 Å². The molecule has 0 aliphatic heterocycles.